The monoisotopic (exact) mass is 462 g/mol. The topological polar surface area (TPSA) is 81.8 Å². The summed E-state index contributed by atoms with van der Waals surface area (Å²) < 4.78 is 10.5. The highest BCUT2D eigenvalue weighted by Gasteiger charge is 2.04. The smallest absolute Gasteiger partial charge is 0.188 e. The van der Waals surface area contributed by atoms with E-state index in [9.17, 15) is 0 Å². The number of aromatic nitrogens is 1. The molecule has 2 aromatic rings. The molecule has 0 unspecified atom stereocenters. The predicted octanol–water partition coefficient (Wildman–Crippen LogP) is 2.73. The SMILES string of the molecule is COc1ccc(CN=C(N)NCCc2csc(C)n2)cc1OC.I. The van der Waals surface area contributed by atoms with E-state index in [1.807, 2.05) is 25.1 Å². The van der Waals surface area contributed by atoms with Crippen molar-refractivity contribution in [2.45, 2.75) is 19.9 Å². The number of rotatable bonds is 7. The van der Waals surface area contributed by atoms with E-state index in [1.54, 1.807) is 25.6 Å². The molecular formula is C16H23IN4O2S. The molecule has 132 valence electrons. The molecule has 0 atom stereocenters. The number of halogens is 1. The molecule has 8 heteroatoms. The van der Waals surface area contributed by atoms with E-state index >= 15 is 0 Å². The van der Waals surface area contributed by atoms with E-state index in [0.29, 0.717) is 30.5 Å². The number of aliphatic imine (C=N–C) groups is 1. The van der Waals surface area contributed by atoms with Crippen molar-refractivity contribution < 1.29 is 9.47 Å². The van der Waals surface area contributed by atoms with Gasteiger partial charge in [0.15, 0.2) is 17.5 Å². The van der Waals surface area contributed by atoms with Gasteiger partial charge in [0.05, 0.1) is 31.5 Å². The number of nitrogens with two attached hydrogens (primary N) is 1. The lowest BCUT2D eigenvalue weighted by Gasteiger charge is -2.09. The molecule has 1 heterocycles. The molecule has 0 fully saturated rings. The molecule has 0 amide bonds. The number of benzene rings is 1. The summed E-state index contributed by atoms with van der Waals surface area (Å²) in [5.74, 6) is 1.81. The Kier molecular flexibility index (Phi) is 8.83. The summed E-state index contributed by atoms with van der Waals surface area (Å²) in [6.45, 7) is 3.19. The number of hydrogen-bond donors (Lipinski definition) is 2. The van der Waals surface area contributed by atoms with E-state index in [4.69, 9.17) is 15.2 Å². The summed E-state index contributed by atoms with van der Waals surface area (Å²) in [5, 5.41) is 6.24. The zero-order valence-electron chi connectivity index (χ0n) is 14.0. The van der Waals surface area contributed by atoms with Gasteiger partial charge in [-0.2, -0.15) is 0 Å². The molecule has 6 nitrogen and oxygen atoms in total. The first-order valence-electron chi connectivity index (χ1n) is 7.28. The molecule has 0 aliphatic carbocycles. The van der Waals surface area contributed by atoms with Gasteiger partial charge < -0.3 is 20.5 Å². The first-order chi connectivity index (χ1) is 11.1. The Morgan fingerprint density at radius 1 is 1.29 bits per heavy atom. The first kappa shape index (κ1) is 20.5. The highest BCUT2D eigenvalue weighted by atomic mass is 127. The Balaban J connectivity index is 0.00000288. The van der Waals surface area contributed by atoms with Gasteiger partial charge in [-0.15, -0.1) is 35.3 Å². The number of hydrogen-bond acceptors (Lipinski definition) is 5. The van der Waals surface area contributed by atoms with Crippen LogP contribution in [-0.4, -0.2) is 31.7 Å². The minimum atomic E-state index is 0. The minimum absolute atomic E-state index is 0. The Morgan fingerprint density at radius 2 is 2.04 bits per heavy atom. The molecule has 24 heavy (non-hydrogen) atoms. The number of guanidine groups is 1. The molecule has 0 spiro atoms. The van der Waals surface area contributed by atoms with Crippen LogP contribution in [0.5, 0.6) is 11.5 Å². The molecular weight excluding hydrogens is 439 g/mol. The lowest BCUT2D eigenvalue weighted by molar-refractivity contribution is 0.354. The summed E-state index contributed by atoms with van der Waals surface area (Å²) in [6.07, 6.45) is 0.830. The third-order valence-corrected chi connectivity index (χ3v) is 4.06. The standard InChI is InChI=1S/C16H22N4O2S.HI/c1-11-20-13(10-23-11)6-7-18-16(17)19-9-12-4-5-14(21-2)15(8-12)22-3;/h4-5,8,10H,6-7,9H2,1-3H3,(H3,17,18,19);1H. The maximum atomic E-state index is 5.88. The van der Waals surface area contributed by atoms with Crippen molar-refractivity contribution >= 4 is 41.3 Å². The van der Waals surface area contributed by atoms with Gasteiger partial charge in [-0.25, -0.2) is 9.98 Å². The highest BCUT2D eigenvalue weighted by molar-refractivity contribution is 14.0. The van der Waals surface area contributed by atoms with Gasteiger partial charge >= 0.3 is 0 Å². The molecule has 2 rings (SSSR count). The molecule has 0 radical (unpaired) electrons. The zero-order chi connectivity index (χ0) is 16.7. The van der Waals surface area contributed by atoms with Crippen molar-refractivity contribution in [3.05, 3.63) is 39.8 Å². The Labute approximate surface area is 163 Å². The average molecular weight is 462 g/mol. The largest absolute Gasteiger partial charge is 0.493 e. The summed E-state index contributed by atoms with van der Waals surface area (Å²) in [7, 11) is 3.22. The lowest BCUT2D eigenvalue weighted by Crippen LogP contribution is -2.33. The van der Waals surface area contributed by atoms with Crippen LogP contribution in [0.4, 0.5) is 0 Å². The maximum Gasteiger partial charge on any atom is 0.188 e. The van der Waals surface area contributed by atoms with E-state index in [0.717, 1.165) is 22.7 Å². The van der Waals surface area contributed by atoms with Crippen molar-refractivity contribution in [1.29, 1.82) is 0 Å². The van der Waals surface area contributed by atoms with E-state index in [1.165, 1.54) is 0 Å². The Hall–Kier alpha value is -1.55. The third-order valence-electron chi connectivity index (χ3n) is 3.23. The third kappa shape index (κ3) is 6.16. The molecule has 1 aromatic carbocycles. The number of nitrogens with one attached hydrogen (secondary N) is 1. The summed E-state index contributed by atoms with van der Waals surface area (Å²) in [4.78, 5) is 8.74. The van der Waals surface area contributed by atoms with Gasteiger partial charge in [-0.3, -0.25) is 0 Å². The van der Waals surface area contributed by atoms with Crippen LogP contribution >= 0.6 is 35.3 Å². The van der Waals surface area contributed by atoms with Gasteiger partial charge in [0, 0.05) is 18.3 Å². The van der Waals surface area contributed by atoms with E-state index in [2.05, 4.69) is 20.7 Å². The van der Waals surface area contributed by atoms with Crippen LogP contribution in [-0.2, 0) is 13.0 Å². The summed E-state index contributed by atoms with van der Waals surface area (Å²) >= 11 is 1.65. The van der Waals surface area contributed by atoms with Gasteiger partial charge in [0.25, 0.3) is 0 Å². The molecule has 0 bridgehead atoms. The number of methoxy groups -OCH3 is 2. The summed E-state index contributed by atoms with van der Waals surface area (Å²) in [6, 6.07) is 5.70. The Morgan fingerprint density at radius 3 is 2.67 bits per heavy atom. The maximum absolute atomic E-state index is 5.88. The van der Waals surface area contributed by atoms with Gasteiger partial charge in [0.1, 0.15) is 0 Å². The number of ether oxygens (including phenoxy) is 2. The molecule has 1 aromatic heterocycles. The van der Waals surface area contributed by atoms with Crippen molar-refractivity contribution in [3.63, 3.8) is 0 Å². The average Bonchev–Trinajstić information content (AvgIpc) is 2.98. The first-order valence-corrected chi connectivity index (χ1v) is 8.16. The molecule has 3 N–H and O–H groups in total. The number of thiazole rings is 1. The van der Waals surface area contributed by atoms with E-state index < -0.39 is 0 Å². The quantitative estimate of drug-likeness (QED) is 0.376. The van der Waals surface area contributed by atoms with Crippen molar-refractivity contribution in [2.24, 2.45) is 10.7 Å². The molecule has 0 aliphatic heterocycles. The van der Waals surface area contributed by atoms with Gasteiger partial charge in [-0.1, -0.05) is 6.07 Å². The summed E-state index contributed by atoms with van der Waals surface area (Å²) in [5.41, 5.74) is 7.96. The van der Waals surface area contributed by atoms with Crippen LogP contribution < -0.4 is 20.5 Å². The van der Waals surface area contributed by atoms with E-state index in [-0.39, 0.29) is 24.0 Å². The lowest BCUT2D eigenvalue weighted by atomic mass is 10.2. The highest BCUT2D eigenvalue weighted by Crippen LogP contribution is 2.27. The minimum Gasteiger partial charge on any atom is -0.493 e. The number of nitrogens with zero attached hydrogens (tertiary/aromatic N) is 2. The van der Waals surface area contributed by atoms with Crippen molar-refractivity contribution in [2.75, 3.05) is 20.8 Å². The van der Waals surface area contributed by atoms with Crippen LogP contribution in [0.3, 0.4) is 0 Å². The van der Waals surface area contributed by atoms with Crippen LogP contribution in [0.1, 0.15) is 16.3 Å². The predicted molar refractivity (Wildman–Crippen MR) is 109 cm³/mol. The second-order valence-corrected chi connectivity index (χ2v) is 5.99. The van der Waals surface area contributed by atoms with Crippen LogP contribution in [0.2, 0.25) is 0 Å². The fourth-order valence-electron chi connectivity index (χ4n) is 2.05. The van der Waals surface area contributed by atoms with Crippen molar-refractivity contribution in [1.82, 2.24) is 10.3 Å². The molecule has 0 saturated heterocycles. The fourth-order valence-corrected chi connectivity index (χ4v) is 2.70. The zero-order valence-corrected chi connectivity index (χ0v) is 17.2. The number of aryl methyl sites for hydroxylation is 1. The van der Waals surface area contributed by atoms with Crippen LogP contribution in [0.15, 0.2) is 28.6 Å². The second kappa shape index (κ2) is 10.3. The van der Waals surface area contributed by atoms with Crippen LogP contribution in [0, 0.1) is 6.92 Å². The fraction of sp³-hybridized carbons (Fsp3) is 0.375. The van der Waals surface area contributed by atoms with Gasteiger partial charge in [0.2, 0.25) is 0 Å². The second-order valence-electron chi connectivity index (χ2n) is 4.93. The van der Waals surface area contributed by atoms with Crippen molar-refractivity contribution in [3.8, 4) is 11.5 Å². The Bertz CT molecular complexity index is 676. The molecule has 0 saturated carbocycles. The normalized spacial score (nSPS) is 10.9. The van der Waals surface area contributed by atoms with Gasteiger partial charge in [-0.05, 0) is 24.6 Å². The van der Waals surface area contributed by atoms with Crippen LogP contribution in [0.25, 0.3) is 0 Å². The molecule has 0 aliphatic rings.